The van der Waals surface area contributed by atoms with Gasteiger partial charge in [0, 0.05) is 26.7 Å². The molecule has 8 heteroatoms. The van der Waals surface area contributed by atoms with E-state index in [2.05, 4.69) is 32.5 Å². The number of nitrogens with zero attached hydrogens (tertiary/aromatic N) is 1. The minimum absolute atomic E-state index is 0. The molecule has 0 saturated heterocycles. The number of hydrogen-bond acceptors (Lipinski definition) is 3. The van der Waals surface area contributed by atoms with Crippen LogP contribution in [0.2, 0.25) is 0 Å². The van der Waals surface area contributed by atoms with Crippen LogP contribution in [0.15, 0.2) is 35.3 Å². The molecule has 0 atom stereocenters. The summed E-state index contributed by atoms with van der Waals surface area (Å²) < 4.78 is 25.1. The van der Waals surface area contributed by atoms with Crippen molar-refractivity contribution in [3.05, 3.63) is 35.9 Å². The van der Waals surface area contributed by atoms with Crippen LogP contribution >= 0.6 is 24.0 Å². The highest BCUT2D eigenvalue weighted by molar-refractivity contribution is 14.0. The van der Waals surface area contributed by atoms with Gasteiger partial charge in [-0.25, -0.2) is 13.1 Å². The SMILES string of the molecule is CCS(=O)(=O)NCCNC(=NC)NCCCc1ccccc1.I. The van der Waals surface area contributed by atoms with Crippen LogP contribution < -0.4 is 15.4 Å². The highest BCUT2D eigenvalue weighted by Gasteiger charge is 2.04. The Morgan fingerprint density at radius 3 is 2.35 bits per heavy atom. The molecule has 0 aliphatic carbocycles. The van der Waals surface area contributed by atoms with Crippen molar-refractivity contribution < 1.29 is 8.42 Å². The van der Waals surface area contributed by atoms with Crippen molar-refractivity contribution in [1.82, 2.24) is 15.4 Å². The van der Waals surface area contributed by atoms with Gasteiger partial charge in [0.05, 0.1) is 5.75 Å². The Morgan fingerprint density at radius 2 is 1.74 bits per heavy atom. The van der Waals surface area contributed by atoms with Gasteiger partial charge in [0.2, 0.25) is 10.0 Å². The first kappa shape index (κ1) is 22.1. The number of benzene rings is 1. The van der Waals surface area contributed by atoms with Crippen LogP contribution in [0.3, 0.4) is 0 Å². The van der Waals surface area contributed by atoms with Gasteiger partial charge in [-0.2, -0.15) is 0 Å². The maximum Gasteiger partial charge on any atom is 0.211 e. The average molecular weight is 454 g/mol. The molecule has 0 spiro atoms. The minimum Gasteiger partial charge on any atom is -0.356 e. The van der Waals surface area contributed by atoms with E-state index in [1.165, 1.54) is 5.56 Å². The summed E-state index contributed by atoms with van der Waals surface area (Å²) in [5, 5.41) is 6.29. The molecule has 0 unspecified atom stereocenters. The number of aryl methyl sites for hydroxylation is 1. The highest BCUT2D eigenvalue weighted by atomic mass is 127. The molecule has 0 aliphatic rings. The number of halogens is 1. The van der Waals surface area contributed by atoms with E-state index in [4.69, 9.17) is 0 Å². The van der Waals surface area contributed by atoms with Gasteiger partial charge in [-0.15, -0.1) is 24.0 Å². The Balaban J connectivity index is 0.00000484. The Bertz CT molecular complexity index is 550. The fourth-order valence-electron chi connectivity index (χ4n) is 1.85. The molecule has 1 rings (SSSR count). The summed E-state index contributed by atoms with van der Waals surface area (Å²) in [7, 11) is -1.43. The van der Waals surface area contributed by atoms with Crippen LogP contribution in [0, 0.1) is 0 Å². The lowest BCUT2D eigenvalue weighted by atomic mass is 10.1. The molecule has 0 saturated carbocycles. The Morgan fingerprint density at radius 1 is 1.09 bits per heavy atom. The first-order valence-electron chi connectivity index (χ1n) is 7.53. The molecule has 3 N–H and O–H groups in total. The van der Waals surface area contributed by atoms with E-state index in [9.17, 15) is 8.42 Å². The minimum atomic E-state index is -3.13. The lowest BCUT2D eigenvalue weighted by Gasteiger charge is -2.12. The smallest absolute Gasteiger partial charge is 0.211 e. The second kappa shape index (κ2) is 12.5. The van der Waals surface area contributed by atoms with Gasteiger partial charge in [0.1, 0.15) is 0 Å². The van der Waals surface area contributed by atoms with Crippen LogP contribution in [0.4, 0.5) is 0 Å². The van der Waals surface area contributed by atoms with Gasteiger partial charge < -0.3 is 10.6 Å². The van der Waals surface area contributed by atoms with Crippen LogP contribution in [-0.4, -0.2) is 46.8 Å². The maximum absolute atomic E-state index is 11.3. The fourth-order valence-corrected chi connectivity index (χ4v) is 2.47. The van der Waals surface area contributed by atoms with Gasteiger partial charge in [-0.1, -0.05) is 30.3 Å². The third-order valence-corrected chi connectivity index (χ3v) is 4.52. The molecule has 6 nitrogen and oxygen atoms in total. The summed E-state index contributed by atoms with van der Waals surface area (Å²) in [5.74, 6) is 0.781. The van der Waals surface area contributed by atoms with Crippen molar-refractivity contribution in [3.8, 4) is 0 Å². The lowest BCUT2D eigenvalue weighted by molar-refractivity contribution is 0.581. The predicted octanol–water partition coefficient (Wildman–Crippen LogP) is 1.34. The van der Waals surface area contributed by atoms with E-state index in [0.717, 1.165) is 19.4 Å². The van der Waals surface area contributed by atoms with Crippen molar-refractivity contribution in [1.29, 1.82) is 0 Å². The molecule has 0 bridgehead atoms. The van der Waals surface area contributed by atoms with Crippen molar-refractivity contribution in [2.24, 2.45) is 4.99 Å². The zero-order chi connectivity index (χ0) is 16.3. The lowest BCUT2D eigenvalue weighted by Crippen LogP contribution is -2.42. The number of nitrogens with one attached hydrogen (secondary N) is 3. The van der Waals surface area contributed by atoms with E-state index in [1.807, 2.05) is 18.2 Å². The molecule has 0 aliphatic heterocycles. The Kier molecular flexibility index (Phi) is 12.1. The van der Waals surface area contributed by atoms with E-state index < -0.39 is 10.0 Å². The summed E-state index contributed by atoms with van der Waals surface area (Å²) in [5.41, 5.74) is 1.32. The molecule has 1 aromatic carbocycles. The predicted molar refractivity (Wildman–Crippen MR) is 107 cm³/mol. The van der Waals surface area contributed by atoms with Gasteiger partial charge in [-0.3, -0.25) is 4.99 Å². The van der Waals surface area contributed by atoms with E-state index in [-0.39, 0.29) is 29.7 Å². The average Bonchev–Trinajstić information content (AvgIpc) is 2.54. The summed E-state index contributed by atoms with van der Waals surface area (Å²) >= 11 is 0. The highest BCUT2D eigenvalue weighted by Crippen LogP contribution is 2.01. The fraction of sp³-hybridized carbons (Fsp3) is 0.533. The second-order valence-electron chi connectivity index (χ2n) is 4.81. The molecule has 0 fully saturated rings. The number of sulfonamides is 1. The first-order chi connectivity index (χ1) is 10.6. The summed E-state index contributed by atoms with van der Waals surface area (Å²) in [6.45, 7) is 3.27. The maximum atomic E-state index is 11.3. The first-order valence-corrected chi connectivity index (χ1v) is 9.18. The largest absolute Gasteiger partial charge is 0.356 e. The van der Waals surface area contributed by atoms with Gasteiger partial charge in [0.15, 0.2) is 5.96 Å². The number of aliphatic imine (C=N–C) groups is 1. The van der Waals surface area contributed by atoms with Gasteiger partial charge in [-0.05, 0) is 25.3 Å². The molecule has 23 heavy (non-hydrogen) atoms. The molecule has 132 valence electrons. The Hall–Kier alpha value is -0.870. The van der Waals surface area contributed by atoms with Crippen molar-refractivity contribution in [2.45, 2.75) is 19.8 Å². The monoisotopic (exact) mass is 454 g/mol. The van der Waals surface area contributed by atoms with Crippen LogP contribution in [0.5, 0.6) is 0 Å². The molecular weight excluding hydrogens is 427 g/mol. The molecule has 0 amide bonds. The third kappa shape index (κ3) is 10.5. The molecular formula is C15H27IN4O2S. The number of hydrogen-bond donors (Lipinski definition) is 3. The second-order valence-corrected chi connectivity index (χ2v) is 6.91. The zero-order valence-corrected chi connectivity index (χ0v) is 16.9. The normalized spacial score (nSPS) is 11.7. The molecule has 0 aromatic heterocycles. The quantitative estimate of drug-likeness (QED) is 0.228. The van der Waals surface area contributed by atoms with Gasteiger partial charge in [0.25, 0.3) is 0 Å². The van der Waals surface area contributed by atoms with E-state index >= 15 is 0 Å². The summed E-state index contributed by atoms with van der Waals surface area (Å²) in [6, 6.07) is 10.3. The summed E-state index contributed by atoms with van der Waals surface area (Å²) in [6.07, 6.45) is 2.02. The van der Waals surface area contributed by atoms with E-state index in [1.54, 1.807) is 14.0 Å². The standard InChI is InChI=1S/C15H26N4O2S.HI/c1-3-22(20,21)19-13-12-18-15(16-2)17-11-7-10-14-8-5-4-6-9-14;/h4-6,8-9,19H,3,7,10-13H2,1-2H3,(H2,16,17,18);1H. The zero-order valence-electron chi connectivity index (χ0n) is 13.7. The summed E-state index contributed by atoms with van der Waals surface area (Å²) in [4.78, 5) is 4.10. The third-order valence-electron chi connectivity index (χ3n) is 3.12. The van der Waals surface area contributed by atoms with Crippen LogP contribution in [0.1, 0.15) is 18.9 Å². The van der Waals surface area contributed by atoms with Crippen molar-refractivity contribution in [2.75, 3.05) is 32.4 Å². The number of rotatable bonds is 9. The molecule has 0 heterocycles. The molecule has 1 aromatic rings. The topological polar surface area (TPSA) is 82.6 Å². The van der Waals surface area contributed by atoms with Crippen molar-refractivity contribution in [3.63, 3.8) is 0 Å². The van der Waals surface area contributed by atoms with Gasteiger partial charge >= 0.3 is 0 Å². The molecule has 0 radical (unpaired) electrons. The van der Waals surface area contributed by atoms with Crippen LogP contribution in [0.25, 0.3) is 0 Å². The Labute approximate surface area is 156 Å². The van der Waals surface area contributed by atoms with E-state index in [0.29, 0.717) is 19.0 Å². The van der Waals surface area contributed by atoms with Crippen LogP contribution in [-0.2, 0) is 16.4 Å². The van der Waals surface area contributed by atoms with Crippen molar-refractivity contribution >= 4 is 40.0 Å². The number of guanidine groups is 1.